The topological polar surface area (TPSA) is 251 Å². The lowest BCUT2D eigenvalue weighted by Gasteiger charge is -2.24. The number of aliphatic carboxylic acids is 2. The molecule has 192 valence electrons. The van der Waals surface area contributed by atoms with Gasteiger partial charge in [-0.05, 0) is 30.5 Å². The first kappa shape index (κ1) is 28.8. The molecule has 0 radical (unpaired) electrons. The molecule has 3 unspecified atom stereocenters. The zero-order chi connectivity index (χ0) is 26.5. The monoisotopic (exact) mass is 495 g/mol. The Morgan fingerprint density at radius 3 is 1.80 bits per heavy atom. The quantitative estimate of drug-likeness (QED) is 0.128. The van der Waals surface area contributed by atoms with E-state index in [1.807, 2.05) is 0 Å². The van der Waals surface area contributed by atoms with Crippen molar-refractivity contribution in [2.45, 2.75) is 50.2 Å². The summed E-state index contributed by atoms with van der Waals surface area (Å²) in [6.07, 6.45) is -1.55. The number of aromatic hydroxyl groups is 1. The largest absolute Gasteiger partial charge is 0.508 e. The number of benzene rings is 1. The van der Waals surface area contributed by atoms with Gasteiger partial charge in [-0.3, -0.25) is 24.0 Å². The van der Waals surface area contributed by atoms with Gasteiger partial charge in [0, 0.05) is 19.3 Å². The van der Waals surface area contributed by atoms with Gasteiger partial charge in [0.15, 0.2) is 0 Å². The van der Waals surface area contributed by atoms with Gasteiger partial charge in [-0.1, -0.05) is 12.1 Å². The van der Waals surface area contributed by atoms with E-state index in [1.54, 1.807) is 0 Å². The zero-order valence-corrected chi connectivity index (χ0v) is 18.7. The average Bonchev–Trinajstić information content (AvgIpc) is 2.79. The molecule has 1 rings (SSSR count). The predicted octanol–water partition coefficient (Wildman–Crippen LogP) is -2.44. The summed E-state index contributed by atoms with van der Waals surface area (Å²) in [5, 5.41) is 34.6. The summed E-state index contributed by atoms with van der Waals surface area (Å²) in [4.78, 5) is 71.0. The number of nitrogens with two attached hydrogens (primary N) is 2. The van der Waals surface area contributed by atoms with Crippen molar-refractivity contribution in [3.63, 3.8) is 0 Å². The average molecular weight is 495 g/mol. The molecule has 3 atom stereocenters. The molecule has 1 aromatic rings. The van der Waals surface area contributed by atoms with E-state index in [-0.39, 0.29) is 31.4 Å². The third-order valence-electron chi connectivity index (χ3n) is 4.79. The van der Waals surface area contributed by atoms with E-state index in [1.165, 1.54) is 24.3 Å². The van der Waals surface area contributed by atoms with Crippen LogP contribution in [-0.2, 0) is 35.2 Å². The van der Waals surface area contributed by atoms with Crippen LogP contribution in [0.1, 0.15) is 31.2 Å². The minimum atomic E-state index is -1.42. The molecule has 10 N–H and O–H groups in total. The van der Waals surface area contributed by atoms with Crippen LogP contribution in [0.4, 0.5) is 0 Å². The fourth-order valence-corrected chi connectivity index (χ4v) is 2.96. The van der Waals surface area contributed by atoms with Crippen LogP contribution in [0.2, 0.25) is 0 Å². The molecule has 0 aliphatic heterocycles. The van der Waals surface area contributed by atoms with Crippen molar-refractivity contribution >= 4 is 35.6 Å². The summed E-state index contributed by atoms with van der Waals surface area (Å²) in [6.45, 7) is -0.472. The number of carbonyl (C=O) groups excluding carboxylic acids is 4. The molecular formula is C21H29N5O9. The van der Waals surface area contributed by atoms with Crippen LogP contribution in [0.25, 0.3) is 0 Å². The molecule has 0 spiro atoms. The minimum Gasteiger partial charge on any atom is -0.508 e. The Bertz CT molecular complexity index is 936. The molecule has 0 aromatic heterocycles. The molecule has 14 heteroatoms. The van der Waals surface area contributed by atoms with Gasteiger partial charge in [0.2, 0.25) is 23.6 Å². The Hall–Kier alpha value is -4.20. The summed E-state index contributed by atoms with van der Waals surface area (Å²) in [7, 11) is 0. The van der Waals surface area contributed by atoms with Crippen LogP contribution in [0.3, 0.4) is 0 Å². The van der Waals surface area contributed by atoms with Gasteiger partial charge in [0.1, 0.15) is 23.9 Å². The molecule has 35 heavy (non-hydrogen) atoms. The second-order valence-corrected chi connectivity index (χ2v) is 7.59. The Labute approximate surface area is 200 Å². The minimum absolute atomic E-state index is 0.0296. The molecule has 0 saturated carbocycles. The summed E-state index contributed by atoms with van der Waals surface area (Å²) >= 11 is 0. The molecule has 0 aliphatic carbocycles. The van der Waals surface area contributed by atoms with Gasteiger partial charge in [0.25, 0.3) is 0 Å². The fraction of sp³-hybridized carbons (Fsp3) is 0.429. The Morgan fingerprint density at radius 2 is 1.31 bits per heavy atom. The number of hydrogen-bond donors (Lipinski definition) is 8. The normalized spacial score (nSPS) is 13.1. The molecule has 0 aliphatic rings. The Balaban J connectivity index is 3.02. The van der Waals surface area contributed by atoms with Crippen molar-refractivity contribution in [3.05, 3.63) is 29.8 Å². The van der Waals surface area contributed by atoms with Crippen LogP contribution in [-0.4, -0.2) is 75.6 Å². The maximum Gasteiger partial charge on any atom is 0.326 e. The number of rotatable bonds is 15. The number of phenolic OH excluding ortho intramolecular Hbond substituents is 1. The number of primary amides is 1. The Kier molecular flexibility index (Phi) is 11.7. The van der Waals surface area contributed by atoms with Gasteiger partial charge in [-0.15, -0.1) is 0 Å². The molecule has 1 aromatic carbocycles. The highest BCUT2D eigenvalue weighted by Gasteiger charge is 2.30. The molecule has 14 nitrogen and oxygen atoms in total. The summed E-state index contributed by atoms with van der Waals surface area (Å²) in [5.41, 5.74) is 10.8. The molecule has 0 heterocycles. The van der Waals surface area contributed by atoms with Crippen LogP contribution < -0.4 is 27.4 Å². The van der Waals surface area contributed by atoms with Gasteiger partial charge >= 0.3 is 11.9 Å². The summed E-state index contributed by atoms with van der Waals surface area (Å²) in [6, 6.07) is 1.45. The number of carbonyl (C=O) groups is 6. The Morgan fingerprint density at radius 1 is 0.800 bits per heavy atom. The lowest BCUT2D eigenvalue weighted by Crippen LogP contribution is -2.56. The molecule has 0 bridgehead atoms. The summed E-state index contributed by atoms with van der Waals surface area (Å²) < 4.78 is 0. The predicted molar refractivity (Wildman–Crippen MR) is 120 cm³/mol. The lowest BCUT2D eigenvalue weighted by molar-refractivity contribution is -0.142. The van der Waals surface area contributed by atoms with E-state index >= 15 is 0 Å². The number of phenols is 1. The number of hydrogen-bond acceptors (Lipinski definition) is 8. The molecule has 0 saturated heterocycles. The lowest BCUT2D eigenvalue weighted by atomic mass is 10.0. The summed E-state index contributed by atoms with van der Waals surface area (Å²) in [5.74, 6) is -6.02. The first-order valence-electron chi connectivity index (χ1n) is 10.5. The van der Waals surface area contributed by atoms with Crippen LogP contribution in [0.5, 0.6) is 5.75 Å². The first-order chi connectivity index (χ1) is 16.4. The van der Waals surface area contributed by atoms with Crippen molar-refractivity contribution in [2.24, 2.45) is 11.5 Å². The van der Waals surface area contributed by atoms with Crippen LogP contribution >= 0.6 is 0 Å². The van der Waals surface area contributed by atoms with Gasteiger partial charge in [0.05, 0.1) is 6.54 Å². The highest BCUT2D eigenvalue weighted by atomic mass is 16.4. The smallest absolute Gasteiger partial charge is 0.326 e. The number of carboxylic acids is 2. The molecule has 0 fully saturated rings. The van der Waals surface area contributed by atoms with E-state index in [9.17, 15) is 39.0 Å². The number of carboxylic acid groups (broad SMARTS) is 2. The van der Waals surface area contributed by atoms with Gasteiger partial charge < -0.3 is 42.7 Å². The molecular weight excluding hydrogens is 466 g/mol. The SMILES string of the molecule is NCC(=O)NC(CCC(=O)O)C(=O)NC(CCC(N)=O)C(=O)NC(Cc1ccc(O)cc1)C(=O)O. The van der Waals surface area contributed by atoms with E-state index in [0.717, 1.165) is 0 Å². The first-order valence-corrected chi connectivity index (χ1v) is 10.5. The third kappa shape index (κ3) is 11.0. The van der Waals surface area contributed by atoms with Crippen molar-refractivity contribution < 1.29 is 44.1 Å². The highest BCUT2D eigenvalue weighted by Crippen LogP contribution is 2.12. The standard InChI is InChI=1S/C21H29N5O9/c22-10-17(29)24-13(6-8-18(30)31)19(32)25-14(5-7-16(23)28)20(33)26-15(21(34)35)9-11-1-3-12(27)4-2-11/h1-4,13-15,27H,5-10,22H2,(H2,23,28)(H,24,29)(H,25,32)(H,26,33)(H,30,31)(H,34,35). The van der Waals surface area contributed by atoms with Gasteiger partial charge in [-0.2, -0.15) is 0 Å². The van der Waals surface area contributed by atoms with E-state index in [4.69, 9.17) is 16.6 Å². The second kappa shape index (κ2) is 14.1. The van der Waals surface area contributed by atoms with E-state index in [2.05, 4.69) is 16.0 Å². The van der Waals surface area contributed by atoms with Crippen molar-refractivity contribution in [3.8, 4) is 5.75 Å². The second-order valence-electron chi connectivity index (χ2n) is 7.59. The van der Waals surface area contributed by atoms with Gasteiger partial charge in [-0.25, -0.2) is 4.79 Å². The van der Waals surface area contributed by atoms with Crippen LogP contribution in [0, 0.1) is 0 Å². The highest BCUT2D eigenvalue weighted by molar-refractivity contribution is 5.94. The van der Waals surface area contributed by atoms with Crippen LogP contribution in [0.15, 0.2) is 24.3 Å². The zero-order valence-electron chi connectivity index (χ0n) is 18.7. The number of amides is 4. The fourth-order valence-electron chi connectivity index (χ4n) is 2.96. The molecule has 4 amide bonds. The third-order valence-corrected chi connectivity index (χ3v) is 4.79. The maximum absolute atomic E-state index is 12.8. The van der Waals surface area contributed by atoms with E-state index in [0.29, 0.717) is 5.56 Å². The maximum atomic E-state index is 12.8. The van der Waals surface area contributed by atoms with Crippen molar-refractivity contribution in [1.29, 1.82) is 0 Å². The van der Waals surface area contributed by atoms with Crippen molar-refractivity contribution in [2.75, 3.05) is 6.54 Å². The van der Waals surface area contributed by atoms with E-state index < -0.39 is 66.7 Å². The van der Waals surface area contributed by atoms with Crippen molar-refractivity contribution in [1.82, 2.24) is 16.0 Å². The number of nitrogens with one attached hydrogen (secondary N) is 3.